The lowest BCUT2D eigenvalue weighted by Crippen LogP contribution is -2.09. The Kier molecular flexibility index (Phi) is 7.04. The van der Waals surface area contributed by atoms with Crippen LogP contribution in [0.2, 0.25) is 0 Å². The molecule has 3 heteroatoms. The minimum Gasteiger partial charge on any atom is -0.456 e. The molecule has 0 aliphatic rings. The molecule has 0 N–H and O–H groups in total. The highest BCUT2D eigenvalue weighted by atomic mass is 32.1. The molecule has 0 radical (unpaired) electrons. The molecule has 0 bridgehead atoms. The van der Waals surface area contributed by atoms with E-state index < -0.39 is 0 Å². The molecule has 240 valence electrons. The van der Waals surface area contributed by atoms with E-state index in [1.807, 2.05) is 23.5 Å². The lowest BCUT2D eigenvalue weighted by atomic mass is 9.97. The molecule has 2 nitrogen and oxygen atoms in total. The lowest BCUT2D eigenvalue weighted by Gasteiger charge is -2.25. The maximum absolute atomic E-state index is 6.19. The highest BCUT2D eigenvalue weighted by Crippen LogP contribution is 2.40. The van der Waals surface area contributed by atoms with Gasteiger partial charge in [0.1, 0.15) is 11.2 Å². The summed E-state index contributed by atoms with van der Waals surface area (Å²) in [6, 6.07) is 67.4. The average molecular weight is 670 g/mol. The van der Waals surface area contributed by atoms with E-state index in [-0.39, 0.29) is 0 Å². The first kappa shape index (κ1) is 29.5. The third-order valence-corrected chi connectivity index (χ3v) is 11.0. The Morgan fingerprint density at radius 1 is 0.314 bits per heavy atom. The molecule has 0 aliphatic carbocycles. The van der Waals surface area contributed by atoms with E-state index in [1.165, 1.54) is 48.0 Å². The molecule has 10 rings (SSSR count). The number of thiophene rings is 1. The van der Waals surface area contributed by atoms with Crippen LogP contribution in [-0.2, 0) is 0 Å². The van der Waals surface area contributed by atoms with Gasteiger partial charge in [-0.15, -0.1) is 11.3 Å². The lowest BCUT2D eigenvalue weighted by molar-refractivity contribution is 0.669. The summed E-state index contributed by atoms with van der Waals surface area (Å²) in [6.07, 6.45) is 0. The Labute approximate surface area is 300 Å². The van der Waals surface area contributed by atoms with Crippen LogP contribution in [0, 0.1) is 0 Å². The highest BCUT2D eigenvalue weighted by molar-refractivity contribution is 7.25. The summed E-state index contributed by atoms with van der Waals surface area (Å²) >= 11 is 1.86. The predicted octanol–water partition coefficient (Wildman–Crippen LogP) is 14.4. The minimum atomic E-state index is 0.919. The molecule has 0 spiro atoms. The van der Waals surface area contributed by atoms with Gasteiger partial charge in [-0.1, -0.05) is 109 Å². The topological polar surface area (TPSA) is 16.4 Å². The van der Waals surface area contributed by atoms with E-state index in [9.17, 15) is 0 Å². The molecule has 51 heavy (non-hydrogen) atoms. The van der Waals surface area contributed by atoms with Gasteiger partial charge in [-0.2, -0.15) is 0 Å². The van der Waals surface area contributed by atoms with Crippen LogP contribution in [0.1, 0.15) is 0 Å². The molecule has 2 heterocycles. The van der Waals surface area contributed by atoms with E-state index >= 15 is 0 Å². The predicted molar refractivity (Wildman–Crippen MR) is 218 cm³/mol. The van der Waals surface area contributed by atoms with Crippen molar-refractivity contribution in [3.63, 3.8) is 0 Å². The normalized spacial score (nSPS) is 11.5. The van der Waals surface area contributed by atoms with E-state index in [4.69, 9.17) is 4.42 Å². The van der Waals surface area contributed by atoms with Crippen molar-refractivity contribution in [1.29, 1.82) is 0 Å². The van der Waals surface area contributed by atoms with E-state index in [1.54, 1.807) is 0 Å². The van der Waals surface area contributed by atoms with Crippen molar-refractivity contribution < 1.29 is 4.42 Å². The maximum Gasteiger partial charge on any atom is 0.136 e. The van der Waals surface area contributed by atoms with Gasteiger partial charge >= 0.3 is 0 Å². The molecule has 0 amide bonds. The number of furan rings is 1. The SMILES string of the molecule is c1ccc(N(c2ccccc2)c2ccc(-c3ccc4sc5cc(-c6cccc(-c7ccc8c(c7)oc7ccccc78)c6)ccc5c4c3)cc2)cc1. The van der Waals surface area contributed by atoms with Gasteiger partial charge in [-0.05, 0) is 112 Å². The molecular weight excluding hydrogens is 639 g/mol. The van der Waals surface area contributed by atoms with Gasteiger partial charge < -0.3 is 9.32 Å². The van der Waals surface area contributed by atoms with Crippen molar-refractivity contribution in [3.8, 4) is 33.4 Å². The summed E-state index contributed by atoms with van der Waals surface area (Å²) in [5.74, 6) is 0. The second-order valence-electron chi connectivity index (χ2n) is 13.0. The fourth-order valence-electron chi connectivity index (χ4n) is 7.32. The van der Waals surface area contributed by atoms with Crippen LogP contribution in [-0.4, -0.2) is 0 Å². The summed E-state index contributed by atoms with van der Waals surface area (Å²) in [4.78, 5) is 2.30. The third kappa shape index (κ3) is 5.27. The minimum absolute atomic E-state index is 0.919. The number of rotatable bonds is 6. The second-order valence-corrected chi connectivity index (χ2v) is 14.1. The Morgan fingerprint density at radius 2 is 0.863 bits per heavy atom. The van der Waals surface area contributed by atoms with Gasteiger partial charge in [0.2, 0.25) is 0 Å². The first-order chi connectivity index (χ1) is 25.2. The molecule has 0 saturated heterocycles. The van der Waals surface area contributed by atoms with Gasteiger partial charge in [0.25, 0.3) is 0 Å². The Morgan fingerprint density at radius 3 is 1.61 bits per heavy atom. The average Bonchev–Trinajstić information content (AvgIpc) is 3.76. The molecule has 0 aliphatic heterocycles. The fourth-order valence-corrected chi connectivity index (χ4v) is 8.45. The van der Waals surface area contributed by atoms with Crippen LogP contribution >= 0.6 is 11.3 Å². The van der Waals surface area contributed by atoms with Crippen molar-refractivity contribution in [1.82, 2.24) is 0 Å². The van der Waals surface area contributed by atoms with E-state index in [0.717, 1.165) is 44.6 Å². The number of para-hydroxylation sites is 3. The molecular formula is C48H31NOS. The van der Waals surface area contributed by atoms with Gasteiger partial charge in [0.05, 0.1) is 0 Å². The maximum atomic E-state index is 6.19. The smallest absolute Gasteiger partial charge is 0.136 e. The number of anilines is 3. The second kappa shape index (κ2) is 12.2. The zero-order valence-corrected chi connectivity index (χ0v) is 28.5. The number of benzene rings is 8. The van der Waals surface area contributed by atoms with Crippen molar-refractivity contribution >= 4 is 70.5 Å². The van der Waals surface area contributed by atoms with Crippen LogP contribution in [0.3, 0.4) is 0 Å². The van der Waals surface area contributed by atoms with E-state index in [0.29, 0.717) is 0 Å². The van der Waals surface area contributed by atoms with Gasteiger partial charge in [0.15, 0.2) is 0 Å². The Balaban J connectivity index is 0.963. The summed E-state index contributed by atoms with van der Waals surface area (Å²) in [5.41, 5.74) is 12.4. The molecule has 0 saturated carbocycles. The summed E-state index contributed by atoms with van der Waals surface area (Å²) in [6.45, 7) is 0. The summed E-state index contributed by atoms with van der Waals surface area (Å²) < 4.78 is 8.79. The summed E-state index contributed by atoms with van der Waals surface area (Å²) in [7, 11) is 0. The number of fused-ring (bicyclic) bond motifs is 6. The van der Waals surface area contributed by atoms with E-state index in [2.05, 4.69) is 181 Å². The molecule has 10 aromatic rings. The zero-order chi connectivity index (χ0) is 33.7. The first-order valence-corrected chi connectivity index (χ1v) is 18.1. The Bertz CT molecular complexity index is 2810. The molecule has 0 atom stereocenters. The van der Waals surface area contributed by atoms with Crippen molar-refractivity contribution in [2.24, 2.45) is 0 Å². The third-order valence-electron chi connectivity index (χ3n) is 9.87. The quantitative estimate of drug-likeness (QED) is 0.175. The van der Waals surface area contributed by atoms with Crippen molar-refractivity contribution in [2.75, 3.05) is 4.90 Å². The van der Waals surface area contributed by atoms with Crippen molar-refractivity contribution in [3.05, 3.63) is 188 Å². The zero-order valence-electron chi connectivity index (χ0n) is 27.7. The molecule has 8 aromatic carbocycles. The summed E-state index contributed by atoms with van der Waals surface area (Å²) in [5, 5.41) is 4.90. The highest BCUT2D eigenvalue weighted by Gasteiger charge is 2.14. The fraction of sp³-hybridized carbons (Fsp3) is 0. The van der Waals surface area contributed by atoms with Gasteiger partial charge in [-0.25, -0.2) is 0 Å². The largest absolute Gasteiger partial charge is 0.456 e. The van der Waals surface area contributed by atoms with Crippen LogP contribution in [0.4, 0.5) is 17.1 Å². The number of hydrogen-bond donors (Lipinski definition) is 0. The van der Waals surface area contributed by atoms with Crippen LogP contribution < -0.4 is 4.90 Å². The number of hydrogen-bond acceptors (Lipinski definition) is 3. The van der Waals surface area contributed by atoms with Gasteiger partial charge in [0, 0.05) is 48.0 Å². The van der Waals surface area contributed by atoms with Crippen LogP contribution in [0.15, 0.2) is 192 Å². The molecule has 0 unspecified atom stereocenters. The van der Waals surface area contributed by atoms with Crippen LogP contribution in [0.5, 0.6) is 0 Å². The van der Waals surface area contributed by atoms with Gasteiger partial charge in [-0.3, -0.25) is 0 Å². The monoisotopic (exact) mass is 669 g/mol. The first-order valence-electron chi connectivity index (χ1n) is 17.2. The molecule has 2 aromatic heterocycles. The standard InChI is InChI=1S/C48H31NOS/c1-3-12-38(13-4-1)49(39-14-5-2-6-15-39)40-23-18-32(19-24-40)35-22-27-47-44(29-35)43-26-21-37(31-48(43)51-47)34-11-9-10-33(28-34)36-20-25-42-41-16-7-8-17-45(41)50-46(42)30-36/h1-31H. The van der Waals surface area contributed by atoms with Crippen molar-refractivity contribution in [2.45, 2.75) is 0 Å². The van der Waals surface area contributed by atoms with Crippen LogP contribution in [0.25, 0.3) is 75.5 Å². The molecule has 0 fully saturated rings. The Hall–Kier alpha value is -6.42. The number of nitrogens with zero attached hydrogens (tertiary/aromatic N) is 1.